The molecule has 0 spiro atoms. The van der Waals surface area contributed by atoms with Crippen LogP contribution in [0.4, 0.5) is 18.9 Å². The van der Waals surface area contributed by atoms with E-state index in [-0.39, 0.29) is 11.5 Å². The summed E-state index contributed by atoms with van der Waals surface area (Å²) in [7, 11) is 0. The SMILES string of the molecule is N#Cc1ccc(-n2ccnc2C(=O)N(N)c2cccc(C(F)(F)F)c2)cc1. The number of carbonyl (C=O) groups excluding carboxylic acids is 1. The molecule has 0 fully saturated rings. The van der Waals surface area contributed by atoms with Crippen molar-refractivity contribution >= 4 is 11.6 Å². The third kappa shape index (κ3) is 3.65. The molecular weight excluding hydrogens is 359 g/mol. The van der Waals surface area contributed by atoms with Gasteiger partial charge in [-0.25, -0.2) is 15.8 Å². The number of rotatable bonds is 3. The van der Waals surface area contributed by atoms with Crippen LogP contribution in [-0.4, -0.2) is 15.5 Å². The number of hydrogen-bond acceptors (Lipinski definition) is 4. The number of alkyl halides is 3. The molecule has 2 N–H and O–H groups in total. The first-order valence-corrected chi connectivity index (χ1v) is 7.61. The van der Waals surface area contributed by atoms with Gasteiger partial charge in [0.2, 0.25) is 5.82 Å². The Kier molecular flexibility index (Phi) is 4.66. The number of nitriles is 1. The second-order valence-corrected chi connectivity index (χ2v) is 5.50. The van der Waals surface area contributed by atoms with Crippen LogP contribution in [-0.2, 0) is 6.18 Å². The smallest absolute Gasteiger partial charge is 0.296 e. The molecule has 0 saturated carbocycles. The molecule has 0 aliphatic carbocycles. The largest absolute Gasteiger partial charge is 0.416 e. The molecule has 0 aliphatic heterocycles. The normalized spacial score (nSPS) is 11.1. The fourth-order valence-electron chi connectivity index (χ4n) is 2.42. The van der Waals surface area contributed by atoms with Crippen LogP contribution in [0.2, 0.25) is 0 Å². The lowest BCUT2D eigenvalue weighted by atomic mass is 10.2. The highest BCUT2D eigenvalue weighted by atomic mass is 19.4. The molecule has 136 valence electrons. The Morgan fingerprint density at radius 1 is 1.19 bits per heavy atom. The molecule has 3 aromatic rings. The first-order valence-electron chi connectivity index (χ1n) is 7.61. The summed E-state index contributed by atoms with van der Waals surface area (Å²) in [6.07, 6.45) is -1.68. The van der Waals surface area contributed by atoms with Gasteiger partial charge in [0.05, 0.1) is 22.9 Å². The van der Waals surface area contributed by atoms with Gasteiger partial charge in [0.15, 0.2) is 0 Å². The van der Waals surface area contributed by atoms with Crippen LogP contribution in [0.15, 0.2) is 60.9 Å². The zero-order valence-corrected chi connectivity index (χ0v) is 13.7. The Labute approximate surface area is 151 Å². The number of hydrogen-bond donors (Lipinski definition) is 1. The molecule has 3 rings (SSSR count). The van der Waals surface area contributed by atoms with Gasteiger partial charge in [-0.3, -0.25) is 9.36 Å². The standard InChI is InChI=1S/C18H12F3N5O/c19-18(20,21)13-2-1-3-15(10-13)26(23)17(27)16-24-8-9-25(16)14-6-4-12(11-22)5-7-14/h1-10H,23H2. The maximum absolute atomic E-state index is 12.9. The molecule has 1 amide bonds. The molecule has 0 saturated heterocycles. The Hall–Kier alpha value is -3.64. The van der Waals surface area contributed by atoms with Crippen molar-refractivity contribution in [2.24, 2.45) is 5.84 Å². The number of halogens is 3. The summed E-state index contributed by atoms with van der Waals surface area (Å²) in [6.45, 7) is 0. The van der Waals surface area contributed by atoms with E-state index in [9.17, 15) is 18.0 Å². The number of nitrogens with two attached hydrogens (primary N) is 1. The number of imidazole rings is 1. The van der Waals surface area contributed by atoms with Crippen LogP contribution in [0, 0.1) is 11.3 Å². The van der Waals surface area contributed by atoms with Gasteiger partial charge in [0, 0.05) is 18.1 Å². The second-order valence-electron chi connectivity index (χ2n) is 5.50. The number of nitrogens with zero attached hydrogens (tertiary/aromatic N) is 4. The molecule has 1 heterocycles. The number of amides is 1. The van der Waals surface area contributed by atoms with E-state index in [0.29, 0.717) is 16.3 Å². The van der Waals surface area contributed by atoms with Gasteiger partial charge in [0.25, 0.3) is 0 Å². The number of anilines is 1. The molecule has 0 atom stereocenters. The van der Waals surface area contributed by atoms with Gasteiger partial charge in [-0.05, 0) is 42.5 Å². The Bertz CT molecular complexity index is 1020. The molecule has 2 aromatic carbocycles. The number of hydrazine groups is 1. The van der Waals surface area contributed by atoms with Crippen molar-refractivity contribution < 1.29 is 18.0 Å². The maximum atomic E-state index is 12.9. The lowest BCUT2D eigenvalue weighted by Crippen LogP contribution is -2.39. The van der Waals surface area contributed by atoms with E-state index in [4.69, 9.17) is 11.1 Å². The van der Waals surface area contributed by atoms with Crippen molar-refractivity contribution in [1.82, 2.24) is 9.55 Å². The fourth-order valence-corrected chi connectivity index (χ4v) is 2.42. The van der Waals surface area contributed by atoms with Crippen molar-refractivity contribution in [3.8, 4) is 11.8 Å². The van der Waals surface area contributed by atoms with Gasteiger partial charge in [-0.1, -0.05) is 6.07 Å². The molecule has 0 radical (unpaired) electrons. The van der Waals surface area contributed by atoms with Crippen LogP contribution >= 0.6 is 0 Å². The zero-order valence-electron chi connectivity index (χ0n) is 13.7. The minimum atomic E-state index is -4.55. The molecule has 6 nitrogen and oxygen atoms in total. The van der Waals surface area contributed by atoms with Gasteiger partial charge in [-0.2, -0.15) is 18.4 Å². The summed E-state index contributed by atoms with van der Waals surface area (Å²) in [5, 5.41) is 9.46. The van der Waals surface area contributed by atoms with Crippen molar-refractivity contribution in [2.45, 2.75) is 6.18 Å². The highest BCUT2D eigenvalue weighted by Gasteiger charge is 2.31. The van der Waals surface area contributed by atoms with Crippen molar-refractivity contribution in [2.75, 3.05) is 5.01 Å². The summed E-state index contributed by atoms with van der Waals surface area (Å²) >= 11 is 0. The summed E-state index contributed by atoms with van der Waals surface area (Å²) < 4.78 is 40.0. The summed E-state index contributed by atoms with van der Waals surface area (Å²) in [6, 6.07) is 12.5. The van der Waals surface area contributed by atoms with E-state index < -0.39 is 17.6 Å². The average molecular weight is 371 g/mol. The second kappa shape index (κ2) is 6.93. The predicted molar refractivity (Wildman–Crippen MR) is 90.7 cm³/mol. The molecule has 0 unspecified atom stereocenters. The summed E-state index contributed by atoms with van der Waals surface area (Å²) in [5.41, 5.74) is -0.0497. The van der Waals surface area contributed by atoms with Crippen LogP contribution in [0.3, 0.4) is 0 Å². The van der Waals surface area contributed by atoms with E-state index in [1.807, 2.05) is 6.07 Å². The third-order valence-corrected chi connectivity index (χ3v) is 3.78. The predicted octanol–water partition coefficient (Wildman–Crippen LogP) is 3.28. The van der Waals surface area contributed by atoms with Crippen molar-refractivity contribution in [3.63, 3.8) is 0 Å². The molecule has 0 aliphatic rings. The van der Waals surface area contributed by atoms with Crippen LogP contribution in [0.5, 0.6) is 0 Å². The molecule has 27 heavy (non-hydrogen) atoms. The lowest BCUT2D eigenvalue weighted by molar-refractivity contribution is -0.137. The zero-order chi connectivity index (χ0) is 19.6. The monoisotopic (exact) mass is 371 g/mol. The molecular formula is C18H12F3N5O. The maximum Gasteiger partial charge on any atom is 0.416 e. The van der Waals surface area contributed by atoms with Gasteiger partial charge in [0.1, 0.15) is 0 Å². The van der Waals surface area contributed by atoms with E-state index in [2.05, 4.69) is 4.98 Å². The Balaban J connectivity index is 1.93. The lowest BCUT2D eigenvalue weighted by Gasteiger charge is -2.18. The molecule has 9 heteroatoms. The quantitative estimate of drug-likeness (QED) is 0.435. The van der Waals surface area contributed by atoms with Gasteiger partial charge in [-0.15, -0.1) is 0 Å². The Morgan fingerprint density at radius 2 is 1.89 bits per heavy atom. The fraction of sp³-hybridized carbons (Fsp3) is 0.0556. The minimum Gasteiger partial charge on any atom is -0.296 e. The van der Waals surface area contributed by atoms with Crippen LogP contribution in [0.1, 0.15) is 21.7 Å². The Morgan fingerprint density at radius 3 is 2.52 bits per heavy atom. The first-order chi connectivity index (χ1) is 12.8. The van der Waals surface area contributed by atoms with E-state index in [1.54, 1.807) is 24.3 Å². The number of aromatic nitrogens is 2. The average Bonchev–Trinajstić information content (AvgIpc) is 3.16. The summed E-state index contributed by atoms with van der Waals surface area (Å²) in [4.78, 5) is 16.6. The minimum absolute atomic E-state index is 0.0837. The van der Waals surface area contributed by atoms with E-state index >= 15 is 0 Å². The number of benzene rings is 2. The van der Waals surface area contributed by atoms with Crippen LogP contribution in [0.25, 0.3) is 5.69 Å². The van der Waals surface area contributed by atoms with Crippen molar-refractivity contribution in [3.05, 3.63) is 77.9 Å². The molecule has 0 bridgehead atoms. The van der Waals surface area contributed by atoms with Gasteiger partial charge >= 0.3 is 12.1 Å². The molecule has 1 aromatic heterocycles. The van der Waals surface area contributed by atoms with Gasteiger partial charge < -0.3 is 0 Å². The topological polar surface area (TPSA) is 87.9 Å². The highest BCUT2D eigenvalue weighted by Crippen LogP contribution is 2.31. The first kappa shape index (κ1) is 18.2. The third-order valence-electron chi connectivity index (χ3n) is 3.78. The summed E-state index contributed by atoms with van der Waals surface area (Å²) in [5.74, 6) is 4.88. The highest BCUT2D eigenvalue weighted by molar-refractivity contribution is 6.03. The van der Waals surface area contributed by atoms with E-state index in [1.165, 1.54) is 29.1 Å². The van der Waals surface area contributed by atoms with E-state index in [0.717, 1.165) is 12.1 Å². The number of carbonyl (C=O) groups is 1. The van der Waals surface area contributed by atoms with Crippen molar-refractivity contribution in [1.29, 1.82) is 5.26 Å². The van der Waals surface area contributed by atoms with Crippen LogP contribution < -0.4 is 10.9 Å².